The predicted octanol–water partition coefficient (Wildman–Crippen LogP) is 4.40. The first-order valence-electron chi connectivity index (χ1n) is 5.56. The fourth-order valence-corrected chi connectivity index (χ4v) is 3.33. The maximum absolute atomic E-state index is 9.61. The maximum Gasteiger partial charge on any atom is 0.0976 e. The number of aromatic nitrogens is 1. The van der Waals surface area contributed by atoms with Crippen LogP contribution >= 0.6 is 34.5 Å². The van der Waals surface area contributed by atoms with Crippen LogP contribution in [0.25, 0.3) is 0 Å². The molecule has 1 N–H and O–H groups in total. The molecule has 0 aliphatic carbocycles. The monoisotopic (exact) mass is 301 g/mol. The van der Waals surface area contributed by atoms with Crippen LogP contribution in [0.5, 0.6) is 0 Å². The fourth-order valence-electron chi connectivity index (χ4n) is 1.78. The third-order valence-electron chi connectivity index (χ3n) is 2.65. The van der Waals surface area contributed by atoms with Gasteiger partial charge in [0.1, 0.15) is 0 Å². The molecule has 1 heterocycles. The lowest BCUT2D eigenvalue weighted by Crippen LogP contribution is -1.90. The average Bonchev–Trinajstić information content (AvgIpc) is 2.65. The smallest absolute Gasteiger partial charge is 0.0976 e. The van der Waals surface area contributed by atoms with Gasteiger partial charge in [-0.3, -0.25) is 0 Å². The van der Waals surface area contributed by atoms with Crippen molar-refractivity contribution < 1.29 is 5.11 Å². The van der Waals surface area contributed by atoms with Gasteiger partial charge in [-0.05, 0) is 31.5 Å². The fraction of sp³-hybridized carbons (Fsp3) is 0.308. The second-order valence-electron chi connectivity index (χ2n) is 4.11. The molecule has 0 fully saturated rings. The Morgan fingerprint density at radius 1 is 1.33 bits per heavy atom. The third-order valence-corrected chi connectivity index (χ3v) is 4.68. The van der Waals surface area contributed by atoms with E-state index < -0.39 is 6.10 Å². The van der Waals surface area contributed by atoms with Gasteiger partial charge in [0.15, 0.2) is 0 Å². The minimum Gasteiger partial charge on any atom is -0.388 e. The van der Waals surface area contributed by atoms with Crippen LogP contribution in [0.1, 0.15) is 34.2 Å². The lowest BCUT2D eigenvalue weighted by atomic mass is 10.1. The molecule has 2 aromatic rings. The molecule has 1 atom stereocenters. The van der Waals surface area contributed by atoms with E-state index in [9.17, 15) is 5.11 Å². The molecule has 2 rings (SSSR count). The van der Waals surface area contributed by atoms with Crippen molar-refractivity contribution in [1.82, 2.24) is 4.98 Å². The van der Waals surface area contributed by atoms with Crippen molar-refractivity contribution in [2.45, 2.75) is 26.4 Å². The van der Waals surface area contributed by atoms with Crippen LogP contribution in [0.2, 0.25) is 10.0 Å². The molecule has 0 bridgehead atoms. The quantitative estimate of drug-likeness (QED) is 0.911. The summed E-state index contributed by atoms with van der Waals surface area (Å²) >= 11 is 13.8. The number of aliphatic hydroxyl groups is 1. The molecule has 0 aliphatic rings. The number of hydrogen-bond donors (Lipinski definition) is 1. The zero-order valence-electron chi connectivity index (χ0n) is 10.1. The summed E-state index contributed by atoms with van der Waals surface area (Å²) in [5, 5.41) is 11.8. The zero-order valence-corrected chi connectivity index (χ0v) is 12.4. The van der Waals surface area contributed by atoms with E-state index in [1.165, 1.54) is 11.3 Å². The van der Waals surface area contributed by atoms with Crippen LogP contribution in [0, 0.1) is 6.92 Å². The first-order chi connectivity index (χ1) is 8.49. The zero-order chi connectivity index (χ0) is 13.3. The number of nitrogens with zero attached hydrogens (tertiary/aromatic N) is 1. The highest BCUT2D eigenvalue weighted by molar-refractivity contribution is 7.11. The highest BCUT2D eigenvalue weighted by atomic mass is 35.5. The standard InChI is InChI=1S/C13H13Cl2NOS/c1-7-13(8(2)17)18-12(16-7)6-9-10(14)4-3-5-11(9)15/h3-5,8,17H,6H2,1-2H3. The van der Waals surface area contributed by atoms with Gasteiger partial charge in [0.2, 0.25) is 0 Å². The SMILES string of the molecule is Cc1nc(Cc2c(Cl)cccc2Cl)sc1C(C)O. The topological polar surface area (TPSA) is 33.1 Å². The molecule has 0 amide bonds. The number of aliphatic hydroxyl groups excluding tert-OH is 1. The van der Waals surface area contributed by atoms with Crippen molar-refractivity contribution in [3.63, 3.8) is 0 Å². The normalized spacial score (nSPS) is 12.7. The van der Waals surface area contributed by atoms with Crippen molar-refractivity contribution in [2.75, 3.05) is 0 Å². The van der Waals surface area contributed by atoms with Gasteiger partial charge in [-0.15, -0.1) is 11.3 Å². The molecule has 1 aromatic carbocycles. The highest BCUT2D eigenvalue weighted by Gasteiger charge is 2.14. The lowest BCUT2D eigenvalue weighted by molar-refractivity contribution is 0.202. The number of thiazole rings is 1. The Morgan fingerprint density at radius 2 is 1.94 bits per heavy atom. The Morgan fingerprint density at radius 3 is 2.44 bits per heavy atom. The van der Waals surface area contributed by atoms with Crippen LogP contribution in [0.4, 0.5) is 0 Å². The molecule has 96 valence electrons. The van der Waals surface area contributed by atoms with Crippen molar-refractivity contribution in [3.05, 3.63) is 49.4 Å². The minimum absolute atomic E-state index is 0.488. The molecule has 0 aliphatic heterocycles. The Labute approximate surface area is 120 Å². The minimum atomic E-state index is -0.488. The second kappa shape index (κ2) is 5.57. The summed E-state index contributed by atoms with van der Waals surface area (Å²) in [5.41, 5.74) is 1.75. The number of halogens is 2. The van der Waals surface area contributed by atoms with E-state index in [1.54, 1.807) is 6.92 Å². The van der Waals surface area contributed by atoms with Crippen LogP contribution in [-0.4, -0.2) is 10.1 Å². The van der Waals surface area contributed by atoms with Crippen LogP contribution < -0.4 is 0 Å². The first-order valence-corrected chi connectivity index (χ1v) is 7.13. The largest absolute Gasteiger partial charge is 0.388 e. The van der Waals surface area contributed by atoms with Crippen molar-refractivity contribution in [2.24, 2.45) is 0 Å². The van der Waals surface area contributed by atoms with Crippen molar-refractivity contribution >= 4 is 34.5 Å². The van der Waals surface area contributed by atoms with E-state index in [2.05, 4.69) is 4.98 Å². The highest BCUT2D eigenvalue weighted by Crippen LogP contribution is 2.31. The van der Waals surface area contributed by atoms with Gasteiger partial charge in [0.05, 0.1) is 21.7 Å². The van der Waals surface area contributed by atoms with Crippen LogP contribution in [-0.2, 0) is 6.42 Å². The number of rotatable bonds is 3. The summed E-state index contributed by atoms with van der Waals surface area (Å²) in [7, 11) is 0. The molecule has 0 saturated carbocycles. The molecule has 1 aromatic heterocycles. The molecular weight excluding hydrogens is 289 g/mol. The van der Waals surface area contributed by atoms with Crippen LogP contribution in [0.15, 0.2) is 18.2 Å². The molecule has 18 heavy (non-hydrogen) atoms. The summed E-state index contributed by atoms with van der Waals surface area (Å²) in [6.07, 6.45) is 0.106. The van der Waals surface area contributed by atoms with E-state index in [1.807, 2.05) is 25.1 Å². The van der Waals surface area contributed by atoms with E-state index in [0.717, 1.165) is 21.1 Å². The molecule has 0 saturated heterocycles. The Bertz CT molecular complexity index is 546. The maximum atomic E-state index is 9.61. The van der Waals surface area contributed by atoms with Crippen molar-refractivity contribution in [3.8, 4) is 0 Å². The molecule has 5 heteroatoms. The first kappa shape index (κ1) is 13.8. The van der Waals surface area contributed by atoms with Gasteiger partial charge in [0.25, 0.3) is 0 Å². The molecule has 1 unspecified atom stereocenters. The summed E-state index contributed by atoms with van der Waals surface area (Å²) < 4.78 is 0. The van der Waals surface area contributed by atoms with Gasteiger partial charge in [-0.2, -0.15) is 0 Å². The van der Waals surface area contributed by atoms with Gasteiger partial charge in [-0.25, -0.2) is 4.98 Å². The van der Waals surface area contributed by atoms with Gasteiger partial charge in [0, 0.05) is 16.5 Å². The number of benzene rings is 1. The summed E-state index contributed by atoms with van der Waals surface area (Å²) in [5.74, 6) is 0. The average molecular weight is 302 g/mol. The van der Waals surface area contributed by atoms with E-state index >= 15 is 0 Å². The van der Waals surface area contributed by atoms with E-state index in [-0.39, 0.29) is 0 Å². The van der Waals surface area contributed by atoms with Gasteiger partial charge >= 0.3 is 0 Å². The lowest BCUT2D eigenvalue weighted by Gasteiger charge is -2.04. The Hall–Kier alpha value is -0.610. The Kier molecular flexibility index (Phi) is 4.28. The van der Waals surface area contributed by atoms with Gasteiger partial charge < -0.3 is 5.11 Å². The summed E-state index contributed by atoms with van der Waals surface area (Å²) in [6, 6.07) is 5.46. The third kappa shape index (κ3) is 2.86. The molecule has 0 spiro atoms. The van der Waals surface area contributed by atoms with Crippen LogP contribution in [0.3, 0.4) is 0 Å². The molecular formula is C13H13Cl2NOS. The number of hydrogen-bond acceptors (Lipinski definition) is 3. The predicted molar refractivity (Wildman–Crippen MR) is 76.8 cm³/mol. The Balaban J connectivity index is 2.32. The molecule has 2 nitrogen and oxygen atoms in total. The molecule has 0 radical (unpaired) electrons. The van der Waals surface area contributed by atoms with E-state index in [4.69, 9.17) is 23.2 Å². The van der Waals surface area contributed by atoms with E-state index in [0.29, 0.717) is 16.5 Å². The second-order valence-corrected chi connectivity index (χ2v) is 6.04. The number of aryl methyl sites for hydroxylation is 1. The summed E-state index contributed by atoms with van der Waals surface area (Å²) in [4.78, 5) is 5.35. The van der Waals surface area contributed by atoms with Gasteiger partial charge in [-0.1, -0.05) is 29.3 Å². The summed E-state index contributed by atoms with van der Waals surface area (Å²) in [6.45, 7) is 3.64. The van der Waals surface area contributed by atoms with Crippen molar-refractivity contribution in [1.29, 1.82) is 0 Å².